The molecule has 0 amide bonds. The normalized spacial score (nSPS) is 19.8. The number of aromatic nitrogens is 1. The van der Waals surface area contributed by atoms with E-state index in [-0.39, 0.29) is 12.0 Å². The molecule has 7 heteroatoms. The first kappa shape index (κ1) is 18.9. The highest BCUT2D eigenvalue weighted by atomic mass is 16.5. The fraction of sp³-hybridized carbons (Fsp3) is 0.333. The topological polar surface area (TPSA) is 65.9 Å². The van der Waals surface area contributed by atoms with E-state index >= 15 is 0 Å². The molecule has 0 spiro atoms. The van der Waals surface area contributed by atoms with Crippen molar-refractivity contribution >= 4 is 24.7 Å². The van der Waals surface area contributed by atoms with E-state index in [1.807, 2.05) is 36.4 Å². The summed E-state index contributed by atoms with van der Waals surface area (Å²) >= 11 is 0. The van der Waals surface area contributed by atoms with Crippen molar-refractivity contribution in [3.05, 3.63) is 65.0 Å². The summed E-state index contributed by atoms with van der Waals surface area (Å²) in [6.45, 7) is 5.01. The van der Waals surface area contributed by atoms with Gasteiger partial charge in [-0.1, -0.05) is 30.3 Å². The first-order valence-electron chi connectivity index (χ1n) is 9.60. The van der Waals surface area contributed by atoms with Gasteiger partial charge in [0.2, 0.25) is 0 Å². The molecule has 2 aliphatic rings. The summed E-state index contributed by atoms with van der Waals surface area (Å²) in [7, 11) is 0.967. The zero-order valence-electron chi connectivity index (χ0n) is 16.2. The van der Waals surface area contributed by atoms with Gasteiger partial charge in [-0.3, -0.25) is 9.88 Å². The van der Waals surface area contributed by atoms with Gasteiger partial charge in [-0.05, 0) is 35.7 Å². The minimum Gasteiger partial charge on any atom is -0.465 e. The molecule has 1 aromatic carbocycles. The van der Waals surface area contributed by atoms with Gasteiger partial charge in [0.15, 0.2) is 0 Å². The minimum absolute atomic E-state index is 0.0537. The van der Waals surface area contributed by atoms with Crippen LogP contribution in [0.5, 0.6) is 0 Å². The smallest absolute Gasteiger partial charge is 0.376 e. The zero-order chi connectivity index (χ0) is 19.7. The Balaban J connectivity index is 1.82. The molecular weight excluding hydrogens is 353 g/mol. The van der Waals surface area contributed by atoms with Crippen LogP contribution in [-0.2, 0) is 9.53 Å². The molecule has 28 heavy (non-hydrogen) atoms. The van der Waals surface area contributed by atoms with Crippen LogP contribution in [0.3, 0.4) is 0 Å². The van der Waals surface area contributed by atoms with Crippen LogP contribution in [0.15, 0.2) is 42.6 Å². The highest BCUT2D eigenvalue weighted by Gasteiger charge is 2.34. The number of carbonyl (C=O) groups excluding carboxylic acids is 1. The number of benzene rings is 1. The maximum absolute atomic E-state index is 12.5. The van der Waals surface area contributed by atoms with E-state index in [1.165, 1.54) is 7.11 Å². The van der Waals surface area contributed by atoms with Gasteiger partial charge in [-0.15, -0.1) is 0 Å². The summed E-state index contributed by atoms with van der Waals surface area (Å²) < 4.78 is 5.06. The highest BCUT2D eigenvalue weighted by Crippen LogP contribution is 2.39. The van der Waals surface area contributed by atoms with E-state index in [0.717, 1.165) is 48.6 Å². The number of hydrogen-bond acceptors (Lipinski definition) is 6. The number of piperazine rings is 1. The summed E-state index contributed by atoms with van der Waals surface area (Å²) in [4.78, 5) is 21.7. The fourth-order valence-electron chi connectivity index (χ4n) is 4.16. The van der Waals surface area contributed by atoms with E-state index in [4.69, 9.17) is 9.72 Å². The molecule has 144 valence electrons. The molecule has 2 aromatic rings. The largest absolute Gasteiger partial charge is 0.465 e. The van der Waals surface area contributed by atoms with Crippen LogP contribution >= 0.6 is 0 Å². The van der Waals surface area contributed by atoms with Crippen molar-refractivity contribution in [1.82, 2.24) is 14.7 Å². The third-order valence-corrected chi connectivity index (χ3v) is 5.62. The molecule has 1 atom stereocenters. The van der Waals surface area contributed by atoms with E-state index in [1.54, 1.807) is 13.0 Å². The van der Waals surface area contributed by atoms with Crippen LogP contribution < -0.4 is 0 Å². The molecule has 1 fully saturated rings. The molecule has 0 radical (unpaired) electrons. The van der Waals surface area contributed by atoms with Crippen LogP contribution in [0.4, 0.5) is 0 Å². The number of ether oxygens (including phenoxy) is 1. The molecule has 1 N–H and O–H groups in total. The Morgan fingerprint density at radius 1 is 1.18 bits per heavy atom. The second-order valence-electron chi connectivity index (χ2n) is 7.22. The molecule has 1 unspecified atom stereocenters. The molecule has 2 heterocycles. The standard InChI is InChI=1S/C21H24BN3O3/c1-22(27)25-12-10-24(11-13-25)20-17-8-4-3-7-16(17)18(21(26)28-2)14-15-6-5-9-23-19(15)20/h3-9,14,20,27H,10-13H2,1-2H3. The molecule has 1 aliphatic carbocycles. The number of fused-ring (bicyclic) bond motifs is 2. The Morgan fingerprint density at radius 3 is 2.64 bits per heavy atom. The van der Waals surface area contributed by atoms with Crippen molar-refractivity contribution in [2.45, 2.75) is 12.9 Å². The zero-order valence-corrected chi connectivity index (χ0v) is 16.2. The first-order chi connectivity index (χ1) is 13.6. The average molecular weight is 377 g/mol. The lowest BCUT2D eigenvalue weighted by atomic mass is 9.84. The van der Waals surface area contributed by atoms with E-state index in [2.05, 4.69) is 15.8 Å². The Morgan fingerprint density at radius 2 is 1.93 bits per heavy atom. The number of hydrogen-bond donors (Lipinski definition) is 1. The number of esters is 1. The Labute approximate surface area is 165 Å². The van der Waals surface area contributed by atoms with E-state index in [0.29, 0.717) is 5.57 Å². The van der Waals surface area contributed by atoms with Crippen molar-refractivity contribution in [2.75, 3.05) is 33.3 Å². The molecule has 1 aliphatic heterocycles. The summed E-state index contributed by atoms with van der Waals surface area (Å²) in [6.07, 6.45) is 3.69. The van der Waals surface area contributed by atoms with Gasteiger partial charge >= 0.3 is 13.0 Å². The molecule has 1 saturated heterocycles. The SMILES string of the molecule is COC(=O)C1=Cc2cccnc2C(N2CCN(B(C)O)CC2)c2ccccc21. The number of methoxy groups -OCH3 is 1. The second kappa shape index (κ2) is 7.87. The van der Waals surface area contributed by atoms with Gasteiger partial charge in [0.05, 0.1) is 24.4 Å². The number of nitrogens with zero attached hydrogens (tertiary/aromatic N) is 3. The third kappa shape index (κ3) is 3.37. The Hall–Kier alpha value is -2.48. The molecular formula is C21H24BN3O3. The lowest BCUT2D eigenvalue weighted by Gasteiger charge is -2.40. The molecule has 6 nitrogen and oxygen atoms in total. The van der Waals surface area contributed by atoms with Crippen LogP contribution in [0.1, 0.15) is 28.4 Å². The maximum atomic E-state index is 12.5. The highest BCUT2D eigenvalue weighted by molar-refractivity contribution is 6.45. The molecule has 1 aromatic heterocycles. The fourth-order valence-corrected chi connectivity index (χ4v) is 4.16. The van der Waals surface area contributed by atoms with Gasteiger partial charge in [-0.25, -0.2) is 4.79 Å². The van der Waals surface area contributed by atoms with Gasteiger partial charge in [0, 0.05) is 32.4 Å². The quantitative estimate of drug-likeness (QED) is 0.652. The van der Waals surface area contributed by atoms with E-state index in [9.17, 15) is 9.82 Å². The summed E-state index contributed by atoms with van der Waals surface area (Å²) in [5.74, 6) is -0.346. The maximum Gasteiger partial charge on any atom is 0.376 e. The molecule has 4 rings (SSSR count). The predicted octanol–water partition coefficient (Wildman–Crippen LogP) is 1.93. The van der Waals surface area contributed by atoms with Crippen molar-refractivity contribution in [2.24, 2.45) is 0 Å². The lowest BCUT2D eigenvalue weighted by Crippen LogP contribution is -2.52. The van der Waals surface area contributed by atoms with Crippen LogP contribution in [0.2, 0.25) is 6.82 Å². The lowest BCUT2D eigenvalue weighted by molar-refractivity contribution is -0.133. The predicted molar refractivity (Wildman–Crippen MR) is 109 cm³/mol. The van der Waals surface area contributed by atoms with Crippen molar-refractivity contribution in [3.63, 3.8) is 0 Å². The van der Waals surface area contributed by atoms with Crippen molar-refractivity contribution < 1.29 is 14.6 Å². The monoisotopic (exact) mass is 377 g/mol. The minimum atomic E-state index is -0.443. The van der Waals surface area contributed by atoms with Gasteiger partial charge in [0.25, 0.3) is 0 Å². The summed E-state index contributed by atoms with van der Waals surface area (Å²) in [5, 5.41) is 9.89. The molecule has 0 bridgehead atoms. The van der Waals surface area contributed by atoms with Gasteiger partial charge in [0.1, 0.15) is 0 Å². The Kier molecular flexibility index (Phi) is 5.30. The van der Waals surface area contributed by atoms with Crippen LogP contribution in [0.25, 0.3) is 11.6 Å². The van der Waals surface area contributed by atoms with Gasteiger partial charge < -0.3 is 14.6 Å². The third-order valence-electron chi connectivity index (χ3n) is 5.62. The average Bonchev–Trinajstić information content (AvgIpc) is 2.88. The van der Waals surface area contributed by atoms with Crippen LogP contribution in [-0.4, -0.2) is 66.0 Å². The summed E-state index contributed by atoms with van der Waals surface area (Å²) in [6, 6.07) is 11.8. The first-order valence-corrected chi connectivity index (χ1v) is 9.60. The number of carbonyl (C=O) groups is 1. The van der Waals surface area contributed by atoms with Crippen molar-refractivity contribution in [1.29, 1.82) is 0 Å². The molecule has 0 saturated carbocycles. The van der Waals surface area contributed by atoms with Gasteiger partial charge in [-0.2, -0.15) is 0 Å². The van der Waals surface area contributed by atoms with E-state index < -0.39 is 7.05 Å². The second-order valence-corrected chi connectivity index (χ2v) is 7.22. The number of pyridine rings is 1. The summed E-state index contributed by atoms with van der Waals surface area (Å²) in [5.41, 5.74) is 4.37. The van der Waals surface area contributed by atoms with Crippen molar-refractivity contribution in [3.8, 4) is 0 Å². The van der Waals surface area contributed by atoms with Crippen LogP contribution in [0, 0.1) is 0 Å². The number of rotatable bonds is 3. The Bertz CT molecular complexity index is 907.